The van der Waals surface area contributed by atoms with Crippen LogP contribution in [0.15, 0.2) is 24.3 Å². The fourth-order valence-corrected chi connectivity index (χ4v) is 0.721. The largest absolute Gasteiger partial charge is 0.508 e. The molecule has 1 aromatic rings. The van der Waals surface area contributed by atoms with E-state index < -0.39 is 0 Å². The van der Waals surface area contributed by atoms with E-state index >= 15 is 0 Å². The number of hydrogen-bond acceptors (Lipinski definition) is 3. The highest BCUT2D eigenvalue weighted by Crippen LogP contribution is 2.12. The van der Waals surface area contributed by atoms with E-state index in [9.17, 15) is 0 Å². The van der Waals surface area contributed by atoms with E-state index in [1.165, 1.54) is 0 Å². The van der Waals surface area contributed by atoms with Crippen molar-refractivity contribution in [1.82, 2.24) is 0 Å². The molecule has 3 nitrogen and oxygen atoms in total. The highest BCUT2D eigenvalue weighted by Gasteiger charge is 1.89. The first-order valence-corrected chi connectivity index (χ1v) is 3.23. The maximum absolute atomic E-state index is 8.89. The first kappa shape index (κ1) is 7.42. The second-order valence-corrected chi connectivity index (χ2v) is 2.06. The quantitative estimate of drug-likeness (QED) is 0.491. The van der Waals surface area contributed by atoms with Gasteiger partial charge in [-0.05, 0) is 24.3 Å². The molecule has 0 aliphatic rings. The molecular weight excluding hydrogens is 140 g/mol. The molecule has 0 aromatic heterocycles. The van der Waals surface area contributed by atoms with Gasteiger partial charge in [-0.25, -0.2) is 0 Å². The van der Waals surface area contributed by atoms with E-state index in [0.717, 1.165) is 5.69 Å². The molecule has 0 aliphatic carbocycles. The molecule has 0 spiro atoms. The smallest absolute Gasteiger partial charge is 0.115 e. The van der Waals surface area contributed by atoms with Gasteiger partial charge in [0, 0.05) is 5.69 Å². The monoisotopic (exact) mass is 148 g/mol. The van der Waals surface area contributed by atoms with Crippen LogP contribution in [0, 0.1) is 11.3 Å². The van der Waals surface area contributed by atoms with E-state index in [0.29, 0.717) is 0 Å². The maximum Gasteiger partial charge on any atom is 0.115 e. The van der Waals surface area contributed by atoms with Gasteiger partial charge in [-0.3, -0.25) is 0 Å². The third kappa shape index (κ3) is 2.18. The van der Waals surface area contributed by atoms with Crippen LogP contribution in [0.4, 0.5) is 5.69 Å². The average Bonchev–Trinajstić information content (AvgIpc) is 2.04. The molecule has 0 bridgehead atoms. The maximum atomic E-state index is 8.89. The Bertz CT molecular complexity index is 260. The number of nitriles is 1. The van der Waals surface area contributed by atoms with Gasteiger partial charge in [0.05, 0.1) is 6.07 Å². The van der Waals surface area contributed by atoms with Crippen LogP contribution >= 0.6 is 0 Å². The molecule has 2 N–H and O–H groups in total. The summed E-state index contributed by atoms with van der Waals surface area (Å²) in [5, 5.41) is 20.0. The summed E-state index contributed by atoms with van der Waals surface area (Å²) >= 11 is 0. The number of aromatic hydroxyl groups is 1. The van der Waals surface area contributed by atoms with Crippen molar-refractivity contribution in [1.29, 1.82) is 5.26 Å². The van der Waals surface area contributed by atoms with Gasteiger partial charge in [0.1, 0.15) is 12.3 Å². The third-order valence-electron chi connectivity index (χ3n) is 1.24. The molecule has 0 atom stereocenters. The van der Waals surface area contributed by atoms with Gasteiger partial charge in [-0.15, -0.1) is 0 Å². The zero-order valence-corrected chi connectivity index (χ0v) is 5.91. The molecule has 11 heavy (non-hydrogen) atoms. The molecule has 0 saturated heterocycles. The summed E-state index contributed by atoms with van der Waals surface area (Å²) < 4.78 is 0. The van der Waals surface area contributed by atoms with E-state index in [1.54, 1.807) is 24.3 Å². The van der Waals surface area contributed by atoms with E-state index in [2.05, 4.69) is 5.32 Å². The zero-order valence-electron chi connectivity index (χ0n) is 5.91. The average molecular weight is 148 g/mol. The number of nitrogens with one attached hydrogen (secondary N) is 1. The lowest BCUT2D eigenvalue weighted by molar-refractivity contribution is 0.475. The molecule has 0 fully saturated rings. The zero-order chi connectivity index (χ0) is 8.10. The van der Waals surface area contributed by atoms with Crippen LogP contribution in [0.2, 0.25) is 0 Å². The molecule has 3 heteroatoms. The minimum Gasteiger partial charge on any atom is -0.508 e. The first-order valence-electron chi connectivity index (χ1n) is 3.23. The third-order valence-corrected chi connectivity index (χ3v) is 1.24. The van der Waals surface area contributed by atoms with Gasteiger partial charge in [0.25, 0.3) is 0 Å². The van der Waals surface area contributed by atoms with Crippen LogP contribution in [-0.2, 0) is 0 Å². The number of phenols is 1. The summed E-state index contributed by atoms with van der Waals surface area (Å²) in [5.74, 6) is 0.229. The van der Waals surface area contributed by atoms with Crippen molar-refractivity contribution in [2.45, 2.75) is 0 Å². The molecule has 0 saturated carbocycles. The van der Waals surface area contributed by atoms with Crippen molar-refractivity contribution in [3.8, 4) is 11.8 Å². The van der Waals surface area contributed by atoms with Crippen molar-refractivity contribution in [3.05, 3.63) is 24.3 Å². The van der Waals surface area contributed by atoms with Crippen LogP contribution in [-0.4, -0.2) is 11.7 Å². The Morgan fingerprint density at radius 1 is 1.36 bits per heavy atom. The van der Waals surface area contributed by atoms with Crippen LogP contribution in [0.25, 0.3) is 0 Å². The van der Waals surface area contributed by atoms with Crippen molar-refractivity contribution < 1.29 is 5.11 Å². The molecule has 0 unspecified atom stereocenters. The Morgan fingerprint density at radius 3 is 2.55 bits per heavy atom. The minimum absolute atomic E-state index is 0.229. The first-order chi connectivity index (χ1) is 5.33. The highest BCUT2D eigenvalue weighted by atomic mass is 16.3. The summed E-state index contributed by atoms with van der Waals surface area (Å²) in [6.07, 6.45) is 0. The molecule has 1 aromatic carbocycles. The summed E-state index contributed by atoms with van der Waals surface area (Å²) in [5.41, 5.74) is 0.837. The number of hydrogen-bond donors (Lipinski definition) is 2. The van der Waals surface area contributed by atoms with Crippen LogP contribution in [0.5, 0.6) is 5.75 Å². The fourth-order valence-electron chi connectivity index (χ4n) is 0.721. The van der Waals surface area contributed by atoms with Crippen molar-refractivity contribution in [2.75, 3.05) is 11.9 Å². The predicted octanol–water partition coefficient (Wildman–Crippen LogP) is 1.33. The molecule has 1 rings (SSSR count). The van der Waals surface area contributed by atoms with Crippen molar-refractivity contribution in [3.63, 3.8) is 0 Å². The molecule has 0 heterocycles. The molecule has 0 radical (unpaired) electrons. The Hall–Kier alpha value is -1.69. The minimum atomic E-state index is 0.229. The number of rotatable bonds is 2. The number of nitrogens with zero attached hydrogens (tertiary/aromatic N) is 1. The summed E-state index contributed by atoms with van der Waals surface area (Å²) in [4.78, 5) is 0. The SMILES string of the molecule is N#CCNc1ccc(O)cc1. The van der Waals surface area contributed by atoms with Crippen molar-refractivity contribution in [2.24, 2.45) is 0 Å². The van der Waals surface area contributed by atoms with Gasteiger partial charge in [0.15, 0.2) is 0 Å². The topological polar surface area (TPSA) is 56.0 Å². The number of benzene rings is 1. The number of phenolic OH excluding ortho intramolecular Hbond substituents is 1. The molecule has 0 aliphatic heterocycles. The summed E-state index contributed by atoms with van der Waals surface area (Å²) in [7, 11) is 0. The van der Waals surface area contributed by atoms with Gasteiger partial charge in [-0.2, -0.15) is 5.26 Å². The number of anilines is 1. The second-order valence-electron chi connectivity index (χ2n) is 2.06. The molecule has 56 valence electrons. The Labute approximate surface area is 64.9 Å². The van der Waals surface area contributed by atoms with E-state index in [-0.39, 0.29) is 12.3 Å². The summed E-state index contributed by atoms with van der Waals surface area (Å²) in [6, 6.07) is 8.53. The van der Waals surface area contributed by atoms with Gasteiger partial charge < -0.3 is 10.4 Å². The Morgan fingerprint density at radius 2 is 2.00 bits per heavy atom. The highest BCUT2D eigenvalue weighted by molar-refractivity contribution is 5.46. The van der Waals surface area contributed by atoms with Crippen molar-refractivity contribution >= 4 is 5.69 Å². The van der Waals surface area contributed by atoms with Gasteiger partial charge in [-0.1, -0.05) is 0 Å². The van der Waals surface area contributed by atoms with Gasteiger partial charge in [0.2, 0.25) is 0 Å². The van der Waals surface area contributed by atoms with E-state index in [1.807, 2.05) is 6.07 Å². The van der Waals surface area contributed by atoms with Crippen LogP contribution in [0.1, 0.15) is 0 Å². The fraction of sp³-hybridized carbons (Fsp3) is 0.125. The lowest BCUT2D eigenvalue weighted by Crippen LogP contribution is -1.96. The summed E-state index contributed by atoms with van der Waals surface area (Å²) in [6.45, 7) is 0.283. The Balaban J connectivity index is 2.60. The standard InChI is InChI=1S/C8H8N2O/c9-5-6-10-7-1-3-8(11)4-2-7/h1-4,10-11H,6H2. The Kier molecular flexibility index (Phi) is 2.34. The van der Waals surface area contributed by atoms with Gasteiger partial charge >= 0.3 is 0 Å². The molecule has 0 amide bonds. The van der Waals surface area contributed by atoms with Crippen LogP contribution in [0.3, 0.4) is 0 Å². The van der Waals surface area contributed by atoms with E-state index in [4.69, 9.17) is 10.4 Å². The predicted molar refractivity (Wildman–Crippen MR) is 42.2 cm³/mol. The van der Waals surface area contributed by atoms with Crippen LogP contribution < -0.4 is 5.32 Å². The lowest BCUT2D eigenvalue weighted by Gasteiger charge is -1.99. The molecular formula is C8H8N2O. The lowest BCUT2D eigenvalue weighted by atomic mass is 10.3. The second kappa shape index (κ2) is 3.47. The normalized spacial score (nSPS) is 8.64.